The minimum absolute atomic E-state index is 0.143. The normalized spacial score (nSPS) is 13.2. The summed E-state index contributed by atoms with van der Waals surface area (Å²) in [4.78, 5) is 11.7. The molecule has 18 heavy (non-hydrogen) atoms. The van der Waals surface area contributed by atoms with Gasteiger partial charge < -0.3 is 5.32 Å². The zero-order valence-corrected chi connectivity index (χ0v) is 12.0. The van der Waals surface area contributed by atoms with Crippen LogP contribution in [0, 0.1) is 0 Å². The van der Waals surface area contributed by atoms with E-state index in [4.69, 9.17) is 11.6 Å². The van der Waals surface area contributed by atoms with Crippen LogP contribution >= 0.6 is 11.6 Å². The fourth-order valence-electron chi connectivity index (χ4n) is 1.32. The molecular formula is C13H16ClNO2S. The molecule has 0 radical (unpaired) electrons. The van der Waals surface area contributed by atoms with Gasteiger partial charge in [-0.1, -0.05) is 23.7 Å². The van der Waals surface area contributed by atoms with Crippen LogP contribution < -0.4 is 5.32 Å². The molecule has 5 heteroatoms. The van der Waals surface area contributed by atoms with Crippen LogP contribution in [0.15, 0.2) is 29.8 Å². The Bertz CT molecular complexity index is 468. The van der Waals surface area contributed by atoms with Crippen molar-refractivity contribution in [1.29, 1.82) is 0 Å². The predicted molar refractivity (Wildman–Crippen MR) is 77.0 cm³/mol. The third-order valence-corrected chi connectivity index (χ3v) is 3.32. The Morgan fingerprint density at radius 3 is 2.56 bits per heavy atom. The van der Waals surface area contributed by atoms with Gasteiger partial charge in [0, 0.05) is 39.9 Å². The van der Waals surface area contributed by atoms with Gasteiger partial charge in [0.2, 0.25) is 5.91 Å². The molecule has 1 aromatic rings. The van der Waals surface area contributed by atoms with Crippen LogP contribution in [0.2, 0.25) is 5.02 Å². The molecule has 0 aliphatic rings. The first-order valence-corrected chi connectivity index (χ1v) is 7.61. The van der Waals surface area contributed by atoms with E-state index in [-0.39, 0.29) is 5.91 Å². The molecule has 1 unspecified atom stereocenters. The zero-order valence-electron chi connectivity index (χ0n) is 10.4. The van der Waals surface area contributed by atoms with Crippen LogP contribution in [0.25, 0.3) is 6.08 Å². The minimum atomic E-state index is -0.885. The highest BCUT2D eigenvalue weighted by Crippen LogP contribution is 2.12. The molecular weight excluding hydrogens is 270 g/mol. The van der Waals surface area contributed by atoms with Gasteiger partial charge in [0.25, 0.3) is 0 Å². The number of halogens is 1. The van der Waals surface area contributed by atoms with Crippen LogP contribution in [0.1, 0.15) is 12.5 Å². The molecule has 0 bridgehead atoms. The zero-order chi connectivity index (χ0) is 13.5. The first-order chi connectivity index (χ1) is 8.49. The van der Waals surface area contributed by atoms with E-state index in [0.717, 1.165) is 5.56 Å². The van der Waals surface area contributed by atoms with Crippen LogP contribution in [0.4, 0.5) is 0 Å². The van der Waals surface area contributed by atoms with Crippen LogP contribution in [-0.4, -0.2) is 28.7 Å². The lowest BCUT2D eigenvalue weighted by Gasteiger charge is -2.04. The topological polar surface area (TPSA) is 46.2 Å². The van der Waals surface area contributed by atoms with Crippen molar-refractivity contribution >= 4 is 34.4 Å². The van der Waals surface area contributed by atoms with Crippen molar-refractivity contribution < 1.29 is 9.00 Å². The van der Waals surface area contributed by atoms with Crippen molar-refractivity contribution in [3.8, 4) is 0 Å². The van der Waals surface area contributed by atoms with Crippen molar-refractivity contribution in [3.05, 3.63) is 40.4 Å². The third kappa shape index (κ3) is 5.47. The molecule has 3 nitrogen and oxygen atoms in total. The highest BCUT2D eigenvalue weighted by atomic mass is 35.5. The van der Waals surface area contributed by atoms with Gasteiger partial charge in [-0.3, -0.25) is 9.00 Å². The minimum Gasteiger partial charge on any atom is -0.351 e. The average molecular weight is 286 g/mol. The molecule has 0 aromatic heterocycles. The number of hydrogen-bond acceptors (Lipinski definition) is 2. The van der Waals surface area contributed by atoms with E-state index in [1.807, 2.05) is 12.1 Å². The first-order valence-electron chi connectivity index (χ1n) is 5.51. The first kappa shape index (κ1) is 14.9. The number of nitrogens with one attached hydrogen (secondary N) is 1. The van der Waals surface area contributed by atoms with Crippen molar-refractivity contribution in [1.82, 2.24) is 5.32 Å². The molecule has 1 atom stereocenters. The van der Waals surface area contributed by atoms with E-state index in [1.165, 1.54) is 0 Å². The summed E-state index contributed by atoms with van der Waals surface area (Å²) < 4.78 is 10.9. The number of rotatable bonds is 5. The van der Waals surface area contributed by atoms with Gasteiger partial charge in [-0.25, -0.2) is 0 Å². The second kappa shape index (κ2) is 7.34. The van der Waals surface area contributed by atoms with Crippen LogP contribution in [0.3, 0.4) is 0 Å². The SMILES string of the molecule is CC(=Cc1ccc(Cl)cc1)C(=O)NCCS(C)=O. The van der Waals surface area contributed by atoms with E-state index >= 15 is 0 Å². The van der Waals surface area contributed by atoms with Crippen molar-refractivity contribution in [3.63, 3.8) is 0 Å². The van der Waals surface area contributed by atoms with Gasteiger partial charge in [0.1, 0.15) is 0 Å². The van der Waals surface area contributed by atoms with Gasteiger partial charge in [-0.05, 0) is 30.7 Å². The molecule has 1 amide bonds. The summed E-state index contributed by atoms with van der Waals surface area (Å²) in [6.45, 7) is 2.17. The lowest BCUT2D eigenvalue weighted by molar-refractivity contribution is -0.117. The Balaban J connectivity index is 2.57. The maximum Gasteiger partial charge on any atom is 0.246 e. The monoisotopic (exact) mass is 285 g/mol. The number of amides is 1. The van der Waals surface area contributed by atoms with E-state index in [0.29, 0.717) is 22.9 Å². The molecule has 0 saturated heterocycles. The van der Waals surface area contributed by atoms with Gasteiger partial charge in [0.05, 0.1) is 0 Å². The lowest BCUT2D eigenvalue weighted by atomic mass is 10.1. The Kier molecular flexibility index (Phi) is 6.09. The smallest absolute Gasteiger partial charge is 0.246 e. The van der Waals surface area contributed by atoms with E-state index in [1.54, 1.807) is 31.4 Å². The maximum atomic E-state index is 11.7. The molecule has 1 rings (SSSR count). The van der Waals surface area contributed by atoms with Crippen molar-refractivity contribution in [2.45, 2.75) is 6.92 Å². The Morgan fingerprint density at radius 2 is 2.00 bits per heavy atom. The molecule has 0 heterocycles. The molecule has 0 aliphatic heterocycles. The molecule has 98 valence electrons. The number of carbonyl (C=O) groups is 1. The molecule has 0 fully saturated rings. The molecule has 0 aliphatic carbocycles. The van der Waals surface area contributed by atoms with Gasteiger partial charge in [-0.15, -0.1) is 0 Å². The molecule has 0 spiro atoms. The lowest BCUT2D eigenvalue weighted by Crippen LogP contribution is -2.28. The predicted octanol–water partition coefficient (Wildman–Crippen LogP) is 2.24. The third-order valence-electron chi connectivity index (χ3n) is 2.29. The van der Waals surface area contributed by atoms with Crippen LogP contribution in [0.5, 0.6) is 0 Å². The van der Waals surface area contributed by atoms with E-state index in [9.17, 15) is 9.00 Å². The summed E-state index contributed by atoms with van der Waals surface area (Å²) in [7, 11) is -0.885. The van der Waals surface area contributed by atoms with Gasteiger partial charge in [0.15, 0.2) is 0 Å². The Hall–Kier alpha value is -1.13. The van der Waals surface area contributed by atoms with Crippen molar-refractivity contribution in [2.75, 3.05) is 18.6 Å². The second-order valence-electron chi connectivity index (χ2n) is 3.91. The number of benzene rings is 1. The highest BCUT2D eigenvalue weighted by molar-refractivity contribution is 7.84. The summed E-state index contributed by atoms with van der Waals surface area (Å²) >= 11 is 5.78. The second-order valence-corrected chi connectivity index (χ2v) is 5.90. The largest absolute Gasteiger partial charge is 0.351 e. The number of carbonyl (C=O) groups excluding carboxylic acids is 1. The summed E-state index contributed by atoms with van der Waals surface area (Å²) in [5.74, 6) is 0.329. The number of hydrogen-bond donors (Lipinski definition) is 1. The highest BCUT2D eigenvalue weighted by Gasteiger charge is 2.03. The standard InChI is InChI=1S/C13H16ClNO2S/c1-10(13(16)15-7-8-18(2)17)9-11-3-5-12(14)6-4-11/h3-6,9H,7-8H2,1-2H3,(H,15,16). The fourth-order valence-corrected chi connectivity index (χ4v) is 1.84. The Labute approximate surface area is 115 Å². The Morgan fingerprint density at radius 1 is 1.39 bits per heavy atom. The average Bonchev–Trinajstić information content (AvgIpc) is 2.31. The molecule has 0 saturated carbocycles. The quantitative estimate of drug-likeness (QED) is 0.844. The van der Waals surface area contributed by atoms with Gasteiger partial charge in [-0.2, -0.15) is 0 Å². The summed E-state index contributed by atoms with van der Waals surface area (Å²) in [6, 6.07) is 7.25. The van der Waals surface area contributed by atoms with Gasteiger partial charge >= 0.3 is 0 Å². The van der Waals surface area contributed by atoms with Crippen LogP contribution in [-0.2, 0) is 15.6 Å². The maximum absolute atomic E-state index is 11.7. The van der Waals surface area contributed by atoms with Crippen molar-refractivity contribution in [2.24, 2.45) is 0 Å². The molecule has 1 aromatic carbocycles. The summed E-state index contributed by atoms with van der Waals surface area (Å²) in [5, 5.41) is 3.39. The summed E-state index contributed by atoms with van der Waals surface area (Å²) in [5.41, 5.74) is 1.53. The fraction of sp³-hybridized carbons (Fsp3) is 0.308. The van der Waals surface area contributed by atoms with E-state index in [2.05, 4.69) is 5.32 Å². The van der Waals surface area contributed by atoms with E-state index < -0.39 is 10.8 Å². The summed E-state index contributed by atoms with van der Waals surface area (Å²) in [6.07, 6.45) is 3.40. The molecule has 1 N–H and O–H groups in total.